The van der Waals surface area contributed by atoms with Crippen LogP contribution in [0.4, 0.5) is 5.69 Å². The fourth-order valence-electron chi connectivity index (χ4n) is 3.19. The van der Waals surface area contributed by atoms with Gasteiger partial charge in [0.25, 0.3) is 5.91 Å². The molecule has 27 heavy (non-hydrogen) atoms. The average molecular weight is 357 g/mol. The van der Waals surface area contributed by atoms with E-state index in [1.807, 2.05) is 56.3 Å². The molecule has 0 bridgehead atoms. The minimum atomic E-state index is -0.289. The van der Waals surface area contributed by atoms with E-state index >= 15 is 0 Å². The summed E-state index contributed by atoms with van der Waals surface area (Å²) in [4.78, 5) is 17.2. The van der Waals surface area contributed by atoms with Gasteiger partial charge in [0.05, 0.1) is 16.7 Å². The molecular formula is C22H19N3O2. The van der Waals surface area contributed by atoms with Gasteiger partial charge in [-0.3, -0.25) is 9.36 Å². The molecule has 1 heterocycles. The Bertz CT molecular complexity index is 1150. The number of nitrogens with one attached hydrogen (secondary N) is 1. The van der Waals surface area contributed by atoms with E-state index in [1.165, 1.54) is 0 Å². The van der Waals surface area contributed by atoms with Crippen molar-refractivity contribution in [2.24, 2.45) is 0 Å². The number of hydrogen-bond donors (Lipinski definition) is 2. The molecule has 0 aliphatic rings. The van der Waals surface area contributed by atoms with Gasteiger partial charge < -0.3 is 10.4 Å². The Morgan fingerprint density at radius 1 is 1.00 bits per heavy atom. The van der Waals surface area contributed by atoms with E-state index in [2.05, 4.69) is 14.9 Å². The number of carbonyl (C=O) groups is 1. The van der Waals surface area contributed by atoms with E-state index in [4.69, 9.17) is 0 Å². The van der Waals surface area contributed by atoms with Crippen molar-refractivity contribution in [1.82, 2.24) is 9.55 Å². The largest absolute Gasteiger partial charge is 0.506 e. The second-order valence-electron chi connectivity index (χ2n) is 6.51. The van der Waals surface area contributed by atoms with Crippen molar-refractivity contribution in [3.63, 3.8) is 0 Å². The molecule has 0 aliphatic heterocycles. The molecule has 134 valence electrons. The quantitative estimate of drug-likeness (QED) is 0.527. The van der Waals surface area contributed by atoms with Gasteiger partial charge in [-0.1, -0.05) is 24.3 Å². The summed E-state index contributed by atoms with van der Waals surface area (Å²) >= 11 is 0. The highest BCUT2D eigenvalue weighted by Gasteiger charge is 2.14. The molecule has 4 rings (SSSR count). The molecule has 0 fully saturated rings. The molecule has 2 N–H and O–H groups in total. The van der Waals surface area contributed by atoms with E-state index in [0.29, 0.717) is 11.3 Å². The zero-order valence-corrected chi connectivity index (χ0v) is 15.1. The van der Waals surface area contributed by atoms with Gasteiger partial charge in [0.15, 0.2) is 0 Å². The third kappa shape index (κ3) is 3.15. The fourth-order valence-corrected chi connectivity index (χ4v) is 3.19. The Morgan fingerprint density at radius 2 is 1.78 bits per heavy atom. The van der Waals surface area contributed by atoms with Gasteiger partial charge in [-0.25, -0.2) is 4.98 Å². The van der Waals surface area contributed by atoms with E-state index < -0.39 is 0 Å². The van der Waals surface area contributed by atoms with Crippen LogP contribution in [-0.2, 0) is 0 Å². The number of aromatic hydroxyl groups is 1. The first kappa shape index (κ1) is 16.8. The average Bonchev–Trinajstić information content (AvgIpc) is 2.99. The van der Waals surface area contributed by atoms with Gasteiger partial charge in [0.1, 0.15) is 11.6 Å². The number of rotatable bonds is 3. The first-order valence-corrected chi connectivity index (χ1v) is 8.68. The number of nitrogens with zero attached hydrogens (tertiary/aromatic N) is 2. The number of phenols is 1. The molecule has 5 nitrogen and oxygen atoms in total. The summed E-state index contributed by atoms with van der Waals surface area (Å²) in [5, 5.41) is 12.7. The van der Waals surface area contributed by atoms with Gasteiger partial charge in [-0.05, 0) is 61.9 Å². The number of benzene rings is 3. The Kier molecular flexibility index (Phi) is 4.12. The van der Waals surface area contributed by atoms with Crippen LogP contribution < -0.4 is 5.32 Å². The van der Waals surface area contributed by atoms with Crippen molar-refractivity contribution in [1.29, 1.82) is 0 Å². The molecular weight excluding hydrogens is 338 g/mol. The van der Waals surface area contributed by atoms with E-state index in [9.17, 15) is 9.90 Å². The Labute approximate surface area is 156 Å². The molecule has 0 spiro atoms. The number of fused-ring (bicyclic) bond motifs is 1. The van der Waals surface area contributed by atoms with Crippen LogP contribution in [0.25, 0.3) is 16.7 Å². The van der Waals surface area contributed by atoms with Crippen LogP contribution in [0.15, 0.2) is 66.7 Å². The number of aryl methyl sites for hydroxylation is 2. The highest BCUT2D eigenvalue weighted by molar-refractivity contribution is 6.06. The smallest absolute Gasteiger partial charge is 0.255 e. The molecule has 1 aromatic heterocycles. The number of para-hydroxylation sites is 1. The number of hydrogen-bond acceptors (Lipinski definition) is 3. The molecule has 0 radical (unpaired) electrons. The lowest BCUT2D eigenvalue weighted by Gasteiger charge is -2.09. The molecule has 0 atom stereocenters. The zero-order chi connectivity index (χ0) is 19.0. The Balaban J connectivity index is 1.69. The van der Waals surface area contributed by atoms with Crippen LogP contribution in [0.2, 0.25) is 0 Å². The van der Waals surface area contributed by atoms with Gasteiger partial charge in [0, 0.05) is 11.3 Å². The summed E-state index contributed by atoms with van der Waals surface area (Å²) in [7, 11) is 0. The van der Waals surface area contributed by atoms with Crippen LogP contribution in [0.3, 0.4) is 0 Å². The summed E-state index contributed by atoms with van der Waals surface area (Å²) in [6.45, 7) is 3.82. The molecule has 4 aromatic rings. The minimum absolute atomic E-state index is 0.0497. The normalized spacial score (nSPS) is 10.9. The summed E-state index contributed by atoms with van der Waals surface area (Å²) < 4.78 is 2.06. The maximum absolute atomic E-state index is 12.6. The second-order valence-corrected chi connectivity index (χ2v) is 6.51. The number of amides is 1. The van der Waals surface area contributed by atoms with Crippen molar-refractivity contribution in [2.75, 3.05) is 5.32 Å². The van der Waals surface area contributed by atoms with E-state index in [-0.39, 0.29) is 11.7 Å². The minimum Gasteiger partial charge on any atom is -0.506 e. The predicted molar refractivity (Wildman–Crippen MR) is 107 cm³/mol. The zero-order valence-electron chi connectivity index (χ0n) is 15.1. The summed E-state index contributed by atoms with van der Waals surface area (Å²) in [6, 6.07) is 20.6. The number of aromatic nitrogens is 2. The first-order valence-electron chi connectivity index (χ1n) is 8.68. The number of anilines is 1. The van der Waals surface area contributed by atoms with E-state index in [1.54, 1.807) is 24.3 Å². The molecule has 1 amide bonds. The van der Waals surface area contributed by atoms with Crippen LogP contribution in [-0.4, -0.2) is 20.6 Å². The van der Waals surface area contributed by atoms with Crippen LogP contribution in [0.1, 0.15) is 21.7 Å². The Hall–Kier alpha value is -3.60. The third-order valence-corrected chi connectivity index (χ3v) is 4.50. The lowest BCUT2D eigenvalue weighted by molar-refractivity contribution is 0.102. The van der Waals surface area contributed by atoms with Gasteiger partial charge in [0.2, 0.25) is 0 Å². The van der Waals surface area contributed by atoms with Gasteiger partial charge >= 0.3 is 0 Å². The van der Waals surface area contributed by atoms with Crippen LogP contribution in [0, 0.1) is 13.8 Å². The maximum Gasteiger partial charge on any atom is 0.255 e. The summed E-state index contributed by atoms with van der Waals surface area (Å²) in [5.41, 5.74) is 4.51. The number of imidazole rings is 1. The van der Waals surface area contributed by atoms with Crippen molar-refractivity contribution in [2.45, 2.75) is 13.8 Å². The molecule has 5 heteroatoms. The predicted octanol–water partition coefficient (Wildman–Crippen LogP) is 4.60. The standard InChI is InChI=1S/C22H19N3O2/c1-14-8-10-18(21(26)12-14)24-22(27)16-9-11-20-19(13-16)23-15(2)25(20)17-6-4-3-5-7-17/h3-13,26H,1-2H3,(H,24,27). The lowest BCUT2D eigenvalue weighted by atomic mass is 10.1. The third-order valence-electron chi connectivity index (χ3n) is 4.50. The number of carbonyl (C=O) groups excluding carboxylic acids is 1. The molecule has 0 aliphatic carbocycles. The summed E-state index contributed by atoms with van der Waals surface area (Å²) in [6.07, 6.45) is 0. The topological polar surface area (TPSA) is 67.2 Å². The highest BCUT2D eigenvalue weighted by atomic mass is 16.3. The molecule has 3 aromatic carbocycles. The van der Waals surface area contributed by atoms with Crippen molar-refractivity contribution in [3.05, 3.63) is 83.7 Å². The van der Waals surface area contributed by atoms with Crippen molar-refractivity contribution < 1.29 is 9.90 Å². The van der Waals surface area contributed by atoms with Gasteiger partial charge in [-0.2, -0.15) is 0 Å². The monoisotopic (exact) mass is 357 g/mol. The second kappa shape index (κ2) is 6.61. The fraction of sp³-hybridized carbons (Fsp3) is 0.0909. The number of phenolic OH excluding ortho intramolecular Hbond substituents is 1. The Morgan fingerprint density at radius 3 is 2.52 bits per heavy atom. The van der Waals surface area contributed by atoms with Crippen molar-refractivity contribution in [3.8, 4) is 11.4 Å². The highest BCUT2D eigenvalue weighted by Crippen LogP contribution is 2.26. The summed E-state index contributed by atoms with van der Waals surface area (Å²) in [5.74, 6) is 0.613. The SMILES string of the molecule is Cc1ccc(NC(=O)c2ccc3c(c2)nc(C)n3-c2ccccc2)c(O)c1. The molecule has 0 unspecified atom stereocenters. The van der Waals surface area contributed by atoms with Gasteiger partial charge in [-0.15, -0.1) is 0 Å². The molecule has 0 saturated carbocycles. The van der Waals surface area contributed by atoms with E-state index in [0.717, 1.165) is 28.1 Å². The van der Waals surface area contributed by atoms with Crippen molar-refractivity contribution >= 4 is 22.6 Å². The first-order chi connectivity index (χ1) is 13.0. The molecule has 0 saturated heterocycles. The van der Waals surface area contributed by atoms with Crippen LogP contribution >= 0.6 is 0 Å². The maximum atomic E-state index is 12.6. The van der Waals surface area contributed by atoms with Crippen LogP contribution in [0.5, 0.6) is 5.75 Å². The lowest BCUT2D eigenvalue weighted by Crippen LogP contribution is -2.12.